The average molecular weight is 242 g/mol. The van der Waals surface area contributed by atoms with Gasteiger partial charge in [0.15, 0.2) is 0 Å². The maximum Gasteiger partial charge on any atom is 0.128 e. The Balaban J connectivity index is 1.88. The molecule has 0 amide bonds. The summed E-state index contributed by atoms with van der Waals surface area (Å²) in [6.07, 6.45) is 0.0556. The summed E-state index contributed by atoms with van der Waals surface area (Å²) in [6, 6.07) is 3.40. The molecule has 1 aliphatic heterocycles. The minimum Gasteiger partial charge on any atom is -0.382 e. The summed E-state index contributed by atoms with van der Waals surface area (Å²) in [7, 11) is 2.03. The monoisotopic (exact) mass is 242 g/mol. The van der Waals surface area contributed by atoms with Crippen LogP contribution in [0.3, 0.4) is 0 Å². The summed E-state index contributed by atoms with van der Waals surface area (Å²) in [5.41, 5.74) is 0.444. The molecule has 0 radical (unpaired) electrons. The van der Waals surface area contributed by atoms with Gasteiger partial charge in [-0.2, -0.15) is 0 Å². The number of hydrogen-bond acceptors (Lipinski definition) is 3. The van der Waals surface area contributed by atoms with E-state index in [1.807, 2.05) is 7.05 Å². The van der Waals surface area contributed by atoms with Crippen molar-refractivity contribution in [3.63, 3.8) is 0 Å². The van der Waals surface area contributed by atoms with Gasteiger partial charge in [-0.15, -0.1) is 0 Å². The van der Waals surface area contributed by atoms with E-state index in [-0.39, 0.29) is 6.10 Å². The van der Waals surface area contributed by atoms with Crippen LogP contribution in [0.4, 0.5) is 14.5 Å². The Hall–Kier alpha value is -1.20. The number of hydrogen-bond donors (Lipinski definition) is 1. The summed E-state index contributed by atoms with van der Waals surface area (Å²) >= 11 is 0. The third-order valence-corrected chi connectivity index (χ3v) is 2.74. The van der Waals surface area contributed by atoms with Gasteiger partial charge in [0.2, 0.25) is 0 Å². The maximum absolute atomic E-state index is 12.9. The standard InChI is InChI=1S/C12H16F2N2O/c1-16-2-3-17-12(8-16)7-15-11-5-9(13)4-10(14)6-11/h4-6,12,15H,2-3,7-8H2,1H3. The highest BCUT2D eigenvalue weighted by Crippen LogP contribution is 2.13. The third-order valence-electron chi connectivity index (χ3n) is 2.74. The average Bonchev–Trinajstić information content (AvgIpc) is 2.25. The van der Waals surface area contributed by atoms with E-state index >= 15 is 0 Å². The van der Waals surface area contributed by atoms with Gasteiger partial charge in [0, 0.05) is 31.4 Å². The molecule has 1 N–H and O–H groups in total. The Morgan fingerprint density at radius 2 is 2.06 bits per heavy atom. The van der Waals surface area contributed by atoms with E-state index in [2.05, 4.69) is 10.2 Å². The van der Waals surface area contributed by atoms with Crippen molar-refractivity contribution in [2.24, 2.45) is 0 Å². The molecule has 0 saturated carbocycles. The topological polar surface area (TPSA) is 24.5 Å². The van der Waals surface area contributed by atoms with Crippen LogP contribution in [-0.2, 0) is 4.74 Å². The van der Waals surface area contributed by atoms with E-state index in [0.29, 0.717) is 18.8 Å². The summed E-state index contributed by atoms with van der Waals surface area (Å²) in [5, 5.41) is 2.98. The molecule has 0 bridgehead atoms. The second kappa shape index (κ2) is 5.42. The second-order valence-corrected chi connectivity index (χ2v) is 4.29. The lowest BCUT2D eigenvalue weighted by molar-refractivity contribution is -0.0117. The highest BCUT2D eigenvalue weighted by molar-refractivity contribution is 5.43. The van der Waals surface area contributed by atoms with Crippen LogP contribution in [0.2, 0.25) is 0 Å². The van der Waals surface area contributed by atoms with Crippen LogP contribution in [0.25, 0.3) is 0 Å². The van der Waals surface area contributed by atoms with Gasteiger partial charge >= 0.3 is 0 Å². The van der Waals surface area contributed by atoms with Gasteiger partial charge in [0.05, 0.1) is 12.7 Å². The Labute approximate surface area is 99.4 Å². The molecule has 0 aliphatic carbocycles. The maximum atomic E-state index is 12.9. The molecule has 94 valence electrons. The van der Waals surface area contributed by atoms with E-state index in [4.69, 9.17) is 4.74 Å². The minimum absolute atomic E-state index is 0.0556. The zero-order valence-electron chi connectivity index (χ0n) is 9.75. The normalized spacial score (nSPS) is 21.5. The van der Waals surface area contributed by atoms with Crippen LogP contribution in [-0.4, -0.2) is 44.3 Å². The van der Waals surface area contributed by atoms with E-state index in [1.54, 1.807) is 0 Å². The molecule has 1 aromatic carbocycles. The van der Waals surface area contributed by atoms with Gasteiger partial charge in [-0.25, -0.2) is 8.78 Å². The zero-order chi connectivity index (χ0) is 12.3. The number of nitrogens with zero attached hydrogens (tertiary/aromatic N) is 1. The zero-order valence-corrected chi connectivity index (χ0v) is 9.75. The van der Waals surface area contributed by atoms with Crippen molar-refractivity contribution in [3.05, 3.63) is 29.8 Å². The number of nitrogens with one attached hydrogen (secondary N) is 1. The highest BCUT2D eigenvalue weighted by atomic mass is 19.1. The van der Waals surface area contributed by atoms with Gasteiger partial charge < -0.3 is 15.0 Å². The molecule has 1 unspecified atom stereocenters. The van der Waals surface area contributed by atoms with Gasteiger partial charge in [-0.1, -0.05) is 0 Å². The molecule has 0 aromatic heterocycles. The van der Waals surface area contributed by atoms with Gasteiger partial charge in [-0.05, 0) is 19.2 Å². The molecule has 1 fully saturated rings. The molecule has 1 atom stereocenters. The molecular formula is C12H16F2N2O. The summed E-state index contributed by atoms with van der Waals surface area (Å²) in [5.74, 6) is -1.15. The van der Waals surface area contributed by atoms with Gasteiger partial charge in [-0.3, -0.25) is 0 Å². The van der Waals surface area contributed by atoms with E-state index in [9.17, 15) is 8.78 Å². The lowest BCUT2D eigenvalue weighted by Crippen LogP contribution is -2.43. The smallest absolute Gasteiger partial charge is 0.128 e. The first-order chi connectivity index (χ1) is 8.13. The van der Waals surface area contributed by atoms with Crippen molar-refractivity contribution in [2.45, 2.75) is 6.10 Å². The minimum atomic E-state index is -0.575. The number of halogens is 2. The largest absolute Gasteiger partial charge is 0.382 e. The first kappa shape index (κ1) is 12.3. The molecule has 1 aliphatic rings. The number of anilines is 1. The first-order valence-electron chi connectivity index (χ1n) is 5.63. The van der Waals surface area contributed by atoms with Crippen molar-refractivity contribution < 1.29 is 13.5 Å². The molecule has 0 spiro atoms. The Morgan fingerprint density at radius 3 is 2.71 bits per heavy atom. The Bertz CT molecular complexity index is 367. The van der Waals surface area contributed by atoms with Crippen molar-refractivity contribution in [2.75, 3.05) is 38.6 Å². The van der Waals surface area contributed by atoms with Crippen molar-refractivity contribution in [3.8, 4) is 0 Å². The molecule has 3 nitrogen and oxygen atoms in total. The molecular weight excluding hydrogens is 226 g/mol. The fourth-order valence-corrected chi connectivity index (χ4v) is 1.88. The van der Waals surface area contributed by atoms with E-state index < -0.39 is 11.6 Å². The molecule has 1 saturated heterocycles. The fraction of sp³-hybridized carbons (Fsp3) is 0.500. The van der Waals surface area contributed by atoms with E-state index in [0.717, 1.165) is 19.2 Å². The Kier molecular flexibility index (Phi) is 3.91. The number of morpholine rings is 1. The second-order valence-electron chi connectivity index (χ2n) is 4.29. The number of rotatable bonds is 3. The van der Waals surface area contributed by atoms with E-state index in [1.165, 1.54) is 12.1 Å². The van der Waals surface area contributed by atoms with Gasteiger partial charge in [0.1, 0.15) is 11.6 Å². The summed E-state index contributed by atoms with van der Waals surface area (Å²) in [4.78, 5) is 2.17. The SMILES string of the molecule is CN1CCOC(CNc2cc(F)cc(F)c2)C1. The van der Waals surface area contributed by atoms with Crippen molar-refractivity contribution >= 4 is 5.69 Å². The summed E-state index contributed by atoms with van der Waals surface area (Å²) in [6.45, 7) is 2.99. The molecule has 1 heterocycles. The van der Waals surface area contributed by atoms with Gasteiger partial charge in [0.25, 0.3) is 0 Å². The first-order valence-corrected chi connectivity index (χ1v) is 5.63. The predicted molar refractivity (Wildman–Crippen MR) is 62.1 cm³/mol. The Morgan fingerprint density at radius 1 is 1.35 bits per heavy atom. The van der Waals surface area contributed by atoms with Crippen LogP contribution in [0.15, 0.2) is 18.2 Å². The van der Waals surface area contributed by atoms with Crippen LogP contribution in [0.1, 0.15) is 0 Å². The number of ether oxygens (including phenoxy) is 1. The lowest BCUT2D eigenvalue weighted by atomic mass is 10.2. The lowest BCUT2D eigenvalue weighted by Gasteiger charge is -2.30. The van der Waals surface area contributed by atoms with Crippen LogP contribution in [0.5, 0.6) is 0 Å². The quantitative estimate of drug-likeness (QED) is 0.873. The molecule has 2 rings (SSSR count). The third kappa shape index (κ3) is 3.64. The van der Waals surface area contributed by atoms with Crippen LogP contribution in [0, 0.1) is 11.6 Å². The molecule has 5 heteroatoms. The number of likely N-dealkylation sites (N-methyl/N-ethyl adjacent to an activating group) is 1. The fourth-order valence-electron chi connectivity index (χ4n) is 1.88. The van der Waals surface area contributed by atoms with Crippen molar-refractivity contribution in [1.82, 2.24) is 4.90 Å². The predicted octanol–water partition coefficient (Wildman–Crippen LogP) is 1.71. The van der Waals surface area contributed by atoms with Crippen LogP contribution < -0.4 is 5.32 Å². The number of benzene rings is 1. The van der Waals surface area contributed by atoms with Crippen LogP contribution >= 0.6 is 0 Å². The van der Waals surface area contributed by atoms with Crippen molar-refractivity contribution in [1.29, 1.82) is 0 Å². The highest BCUT2D eigenvalue weighted by Gasteiger charge is 2.17. The molecule has 17 heavy (non-hydrogen) atoms. The molecule has 1 aromatic rings. The summed E-state index contributed by atoms with van der Waals surface area (Å²) < 4.78 is 31.4.